The normalized spacial score (nSPS) is 14.2. The average molecular weight is 341 g/mol. The molecule has 1 aromatic carbocycles. The molecule has 1 saturated carbocycles. The van der Waals surface area contributed by atoms with Crippen LogP contribution >= 0.6 is 28.1 Å². The van der Waals surface area contributed by atoms with Gasteiger partial charge in [-0.3, -0.25) is 4.79 Å². The van der Waals surface area contributed by atoms with Crippen molar-refractivity contribution in [1.82, 2.24) is 4.90 Å². The van der Waals surface area contributed by atoms with Crippen LogP contribution in [0.25, 0.3) is 0 Å². The molecule has 0 heterocycles. The van der Waals surface area contributed by atoms with E-state index in [0.29, 0.717) is 24.0 Å². The minimum atomic E-state index is 0.0868. The van der Waals surface area contributed by atoms with E-state index in [-0.39, 0.29) is 5.91 Å². The highest BCUT2D eigenvalue weighted by atomic mass is 79.9. The van der Waals surface area contributed by atoms with E-state index in [4.69, 9.17) is 18.0 Å². The highest BCUT2D eigenvalue weighted by molar-refractivity contribution is 9.10. The first-order chi connectivity index (χ1) is 8.99. The zero-order valence-electron chi connectivity index (χ0n) is 10.9. The lowest BCUT2D eigenvalue weighted by atomic mass is 10.1. The molecule has 0 bridgehead atoms. The summed E-state index contributed by atoms with van der Waals surface area (Å²) in [6, 6.07) is 6.10. The van der Waals surface area contributed by atoms with Crippen molar-refractivity contribution in [2.45, 2.75) is 32.2 Å². The molecule has 0 spiro atoms. The Bertz CT molecular complexity index is 514. The van der Waals surface area contributed by atoms with E-state index in [0.717, 1.165) is 28.4 Å². The highest BCUT2D eigenvalue weighted by Gasteiger charge is 2.33. The molecule has 102 valence electrons. The van der Waals surface area contributed by atoms with Gasteiger partial charge in [0.05, 0.1) is 4.99 Å². The molecule has 0 radical (unpaired) electrons. The van der Waals surface area contributed by atoms with Crippen molar-refractivity contribution in [1.29, 1.82) is 0 Å². The number of benzene rings is 1. The molecule has 19 heavy (non-hydrogen) atoms. The standard InChI is InChI=1S/C14H17BrN2OS/c1-9-8-10(15)2-5-12(9)14(18)17(11-3-4-11)7-6-13(16)19/h2,5,8,11H,3-4,6-7H2,1H3,(H2,16,19). The number of hydrogen-bond donors (Lipinski definition) is 1. The Kier molecular flexibility index (Phi) is 4.58. The van der Waals surface area contributed by atoms with Crippen LogP contribution in [0.15, 0.2) is 22.7 Å². The predicted molar refractivity (Wildman–Crippen MR) is 84.3 cm³/mol. The van der Waals surface area contributed by atoms with Gasteiger partial charge in [-0.25, -0.2) is 0 Å². The molecule has 1 aliphatic carbocycles. The minimum absolute atomic E-state index is 0.0868. The number of amides is 1. The van der Waals surface area contributed by atoms with Crippen molar-refractivity contribution in [2.24, 2.45) is 5.73 Å². The third kappa shape index (κ3) is 3.76. The number of carbonyl (C=O) groups is 1. The zero-order valence-corrected chi connectivity index (χ0v) is 13.3. The van der Waals surface area contributed by atoms with Gasteiger partial charge >= 0.3 is 0 Å². The second-order valence-corrected chi connectivity index (χ2v) is 6.35. The molecule has 1 amide bonds. The van der Waals surface area contributed by atoms with Crippen LogP contribution in [0, 0.1) is 6.92 Å². The predicted octanol–water partition coefficient (Wildman–Crippen LogP) is 3.04. The summed E-state index contributed by atoms with van der Waals surface area (Å²) in [5, 5.41) is 0. The first-order valence-corrected chi connectivity index (χ1v) is 7.54. The number of carbonyl (C=O) groups excluding carboxylic acids is 1. The number of aryl methyl sites for hydroxylation is 1. The lowest BCUT2D eigenvalue weighted by Crippen LogP contribution is -2.36. The van der Waals surface area contributed by atoms with E-state index in [2.05, 4.69) is 15.9 Å². The van der Waals surface area contributed by atoms with Gasteiger partial charge in [-0.15, -0.1) is 0 Å². The summed E-state index contributed by atoms with van der Waals surface area (Å²) in [5.74, 6) is 0.0868. The Hall–Kier alpha value is -0.940. The Morgan fingerprint density at radius 2 is 2.21 bits per heavy atom. The van der Waals surface area contributed by atoms with E-state index in [9.17, 15) is 4.79 Å². The summed E-state index contributed by atoms with van der Waals surface area (Å²) < 4.78 is 0.989. The summed E-state index contributed by atoms with van der Waals surface area (Å²) >= 11 is 8.32. The van der Waals surface area contributed by atoms with Crippen LogP contribution in [-0.2, 0) is 0 Å². The molecule has 0 saturated heterocycles. The Morgan fingerprint density at radius 3 is 2.74 bits per heavy atom. The molecule has 0 aliphatic heterocycles. The second kappa shape index (κ2) is 6.01. The molecule has 1 aromatic rings. The van der Waals surface area contributed by atoms with Gasteiger partial charge in [0.25, 0.3) is 5.91 Å². The van der Waals surface area contributed by atoms with Crippen molar-refractivity contribution < 1.29 is 4.79 Å². The first kappa shape index (κ1) is 14.5. The summed E-state index contributed by atoms with van der Waals surface area (Å²) in [7, 11) is 0. The summed E-state index contributed by atoms with van der Waals surface area (Å²) in [6.45, 7) is 2.57. The van der Waals surface area contributed by atoms with E-state index in [1.807, 2.05) is 30.0 Å². The number of nitrogens with zero attached hydrogens (tertiary/aromatic N) is 1. The molecule has 3 nitrogen and oxygen atoms in total. The zero-order chi connectivity index (χ0) is 14.0. The van der Waals surface area contributed by atoms with Gasteiger partial charge in [-0.1, -0.05) is 28.1 Å². The molecular weight excluding hydrogens is 324 g/mol. The Balaban J connectivity index is 2.16. The molecular formula is C14H17BrN2OS. The maximum atomic E-state index is 12.6. The van der Waals surface area contributed by atoms with E-state index >= 15 is 0 Å². The molecule has 2 rings (SSSR count). The molecule has 5 heteroatoms. The van der Waals surface area contributed by atoms with Gasteiger partial charge in [0.15, 0.2) is 0 Å². The van der Waals surface area contributed by atoms with Crippen LogP contribution in [-0.4, -0.2) is 28.4 Å². The van der Waals surface area contributed by atoms with Crippen molar-refractivity contribution in [3.8, 4) is 0 Å². The third-order valence-electron chi connectivity index (χ3n) is 3.27. The molecule has 0 atom stereocenters. The molecule has 0 aromatic heterocycles. The lowest BCUT2D eigenvalue weighted by Gasteiger charge is -2.23. The fraction of sp³-hybridized carbons (Fsp3) is 0.429. The topological polar surface area (TPSA) is 46.3 Å². The van der Waals surface area contributed by atoms with Crippen LogP contribution in [0.2, 0.25) is 0 Å². The fourth-order valence-corrected chi connectivity index (χ4v) is 2.66. The summed E-state index contributed by atoms with van der Waals surface area (Å²) in [4.78, 5) is 15.0. The quantitative estimate of drug-likeness (QED) is 0.838. The molecule has 2 N–H and O–H groups in total. The largest absolute Gasteiger partial charge is 0.393 e. The van der Waals surface area contributed by atoms with Gasteiger partial charge < -0.3 is 10.6 Å². The first-order valence-electron chi connectivity index (χ1n) is 6.34. The number of nitrogens with two attached hydrogens (primary N) is 1. The molecule has 1 fully saturated rings. The van der Waals surface area contributed by atoms with Crippen LogP contribution in [0.1, 0.15) is 35.2 Å². The highest BCUT2D eigenvalue weighted by Crippen LogP contribution is 2.29. The Morgan fingerprint density at radius 1 is 1.53 bits per heavy atom. The number of halogens is 1. The van der Waals surface area contributed by atoms with E-state index < -0.39 is 0 Å². The van der Waals surface area contributed by atoms with Gasteiger partial charge in [-0.2, -0.15) is 0 Å². The smallest absolute Gasteiger partial charge is 0.254 e. The molecule has 1 aliphatic rings. The maximum absolute atomic E-state index is 12.6. The van der Waals surface area contributed by atoms with Crippen LogP contribution < -0.4 is 5.73 Å². The summed E-state index contributed by atoms with van der Waals surface area (Å²) in [5.41, 5.74) is 7.29. The minimum Gasteiger partial charge on any atom is -0.393 e. The number of rotatable bonds is 5. The second-order valence-electron chi connectivity index (χ2n) is 4.91. The fourth-order valence-electron chi connectivity index (χ4n) is 2.09. The van der Waals surface area contributed by atoms with Crippen molar-refractivity contribution in [2.75, 3.05) is 6.54 Å². The number of hydrogen-bond acceptors (Lipinski definition) is 2. The van der Waals surface area contributed by atoms with Crippen molar-refractivity contribution in [3.05, 3.63) is 33.8 Å². The lowest BCUT2D eigenvalue weighted by molar-refractivity contribution is 0.0747. The van der Waals surface area contributed by atoms with E-state index in [1.54, 1.807) is 0 Å². The monoisotopic (exact) mass is 340 g/mol. The van der Waals surface area contributed by atoms with Crippen molar-refractivity contribution >= 4 is 39.0 Å². The van der Waals surface area contributed by atoms with Gasteiger partial charge in [0.2, 0.25) is 0 Å². The SMILES string of the molecule is Cc1cc(Br)ccc1C(=O)N(CCC(N)=S)C1CC1. The van der Waals surface area contributed by atoms with Crippen molar-refractivity contribution in [3.63, 3.8) is 0 Å². The molecule has 0 unspecified atom stereocenters. The average Bonchev–Trinajstić information content (AvgIpc) is 3.13. The van der Waals surface area contributed by atoms with Gasteiger partial charge in [0.1, 0.15) is 0 Å². The Labute approximate surface area is 127 Å². The van der Waals surface area contributed by atoms with Crippen LogP contribution in [0.3, 0.4) is 0 Å². The van der Waals surface area contributed by atoms with E-state index in [1.165, 1.54) is 0 Å². The number of thiocarbonyl (C=S) groups is 1. The van der Waals surface area contributed by atoms with Gasteiger partial charge in [-0.05, 0) is 43.5 Å². The van der Waals surface area contributed by atoms with Crippen LogP contribution in [0.5, 0.6) is 0 Å². The third-order valence-corrected chi connectivity index (χ3v) is 3.96. The van der Waals surface area contributed by atoms with Gasteiger partial charge in [0, 0.05) is 29.0 Å². The maximum Gasteiger partial charge on any atom is 0.254 e. The van der Waals surface area contributed by atoms with Crippen LogP contribution in [0.4, 0.5) is 0 Å². The summed E-state index contributed by atoms with van der Waals surface area (Å²) in [6.07, 6.45) is 2.75.